The van der Waals surface area contributed by atoms with Crippen LogP contribution in [0.15, 0.2) is 59.2 Å². The van der Waals surface area contributed by atoms with Gasteiger partial charge in [0.2, 0.25) is 0 Å². The van der Waals surface area contributed by atoms with Crippen molar-refractivity contribution in [1.29, 1.82) is 0 Å². The third kappa shape index (κ3) is 1.54. The average Bonchev–Trinajstić information content (AvgIpc) is 2.78. The molecule has 3 rings (SSSR count). The Hall–Kier alpha value is -2.35. The second-order valence-electron chi connectivity index (χ2n) is 3.85. The number of rotatable bonds is 2. The van der Waals surface area contributed by atoms with Gasteiger partial charge >= 0.3 is 0 Å². The average molecular weight is 222 g/mol. The van der Waals surface area contributed by atoms with Crippen LogP contribution in [0.4, 0.5) is 0 Å². The summed E-state index contributed by atoms with van der Waals surface area (Å²) in [7, 11) is 0. The molecule has 0 radical (unpaired) electrons. The summed E-state index contributed by atoms with van der Waals surface area (Å²) in [5.41, 5.74) is 3.69. The molecule has 0 aromatic heterocycles. The molecule has 2 nitrogen and oxygen atoms in total. The van der Waals surface area contributed by atoms with Gasteiger partial charge in [0, 0.05) is 5.56 Å². The molecule has 1 aliphatic heterocycles. The highest BCUT2D eigenvalue weighted by molar-refractivity contribution is 5.96. The van der Waals surface area contributed by atoms with Crippen LogP contribution in [0.2, 0.25) is 0 Å². The number of aldehydes is 1. The first-order valence-corrected chi connectivity index (χ1v) is 5.41. The van der Waals surface area contributed by atoms with E-state index in [1.165, 1.54) is 0 Å². The lowest BCUT2D eigenvalue weighted by atomic mass is 10.0. The van der Waals surface area contributed by atoms with Gasteiger partial charge in [0.05, 0.1) is 11.8 Å². The third-order valence-electron chi connectivity index (χ3n) is 2.84. The van der Waals surface area contributed by atoms with E-state index in [-0.39, 0.29) is 0 Å². The lowest BCUT2D eigenvalue weighted by molar-refractivity contribution is 0.112. The van der Waals surface area contributed by atoms with Crippen LogP contribution in [-0.2, 0) is 0 Å². The van der Waals surface area contributed by atoms with Gasteiger partial charge in [0.1, 0.15) is 5.76 Å². The summed E-state index contributed by atoms with van der Waals surface area (Å²) in [6, 6.07) is 15.7. The molecule has 2 heteroatoms. The van der Waals surface area contributed by atoms with Crippen LogP contribution in [0.5, 0.6) is 0 Å². The molecule has 0 fully saturated rings. The largest absolute Gasteiger partial charge is 0.464 e. The Labute approximate surface area is 98.8 Å². The number of benzene rings is 1. The van der Waals surface area contributed by atoms with E-state index in [1.807, 2.05) is 48.5 Å². The molecule has 0 N–H and O–H groups in total. The van der Waals surface area contributed by atoms with E-state index < -0.39 is 0 Å². The fourth-order valence-electron chi connectivity index (χ4n) is 2.06. The molecule has 1 aromatic rings. The van der Waals surface area contributed by atoms with Crippen molar-refractivity contribution < 1.29 is 9.21 Å². The molecule has 1 aromatic carbocycles. The first kappa shape index (κ1) is 9.85. The number of carbonyl (C=O) groups excluding carboxylic acids is 1. The molecule has 1 aliphatic carbocycles. The minimum atomic E-state index is 0.597. The summed E-state index contributed by atoms with van der Waals surface area (Å²) >= 11 is 0. The minimum absolute atomic E-state index is 0.597. The molecular weight excluding hydrogens is 212 g/mol. The maximum absolute atomic E-state index is 11.0. The molecule has 82 valence electrons. The van der Waals surface area contributed by atoms with E-state index in [1.54, 1.807) is 6.26 Å². The van der Waals surface area contributed by atoms with Crippen molar-refractivity contribution in [3.05, 3.63) is 60.4 Å². The predicted molar refractivity (Wildman–Crippen MR) is 66.2 cm³/mol. The molecule has 0 saturated heterocycles. The first-order chi connectivity index (χ1) is 8.40. The Kier molecular flexibility index (Phi) is 2.26. The molecule has 0 saturated carbocycles. The molecule has 0 atom stereocenters. The smallest absolute Gasteiger partial charge is 0.153 e. The van der Waals surface area contributed by atoms with E-state index in [0.717, 1.165) is 23.0 Å². The van der Waals surface area contributed by atoms with Gasteiger partial charge < -0.3 is 4.42 Å². The minimum Gasteiger partial charge on any atom is -0.464 e. The van der Waals surface area contributed by atoms with E-state index in [4.69, 9.17) is 4.42 Å². The zero-order valence-electron chi connectivity index (χ0n) is 9.09. The summed E-state index contributed by atoms with van der Waals surface area (Å²) in [5, 5.41) is 0. The second kappa shape index (κ2) is 3.91. The molecule has 0 unspecified atom stereocenters. The van der Waals surface area contributed by atoms with E-state index in [2.05, 4.69) is 0 Å². The quantitative estimate of drug-likeness (QED) is 0.616. The second-order valence-corrected chi connectivity index (χ2v) is 3.85. The highest BCUT2D eigenvalue weighted by Crippen LogP contribution is 2.37. The van der Waals surface area contributed by atoms with Crippen LogP contribution < -0.4 is 0 Å². The molecule has 2 aliphatic rings. The van der Waals surface area contributed by atoms with Crippen LogP contribution in [0.1, 0.15) is 10.4 Å². The number of hydrogen-bond acceptors (Lipinski definition) is 2. The maximum Gasteiger partial charge on any atom is 0.153 e. The first-order valence-electron chi connectivity index (χ1n) is 5.41. The van der Waals surface area contributed by atoms with Crippen molar-refractivity contribution in [2.24, 2.45) is 0 Å². The predicted octanol–water partition coefficient (Wildman–Crippen LogP) is 3.86. The Morgan fingerprint density at radius 1 is 0.941 bits per heavy atom. The summed E-state index contributed by atoms with van der Waals surface area (Å²) in [4.78, 5) is 11.0. The van der Waals surface area contributed by atoms with Gasteiger partial charge in [-0.2, -0.15) is 0 Å². The summed E-state index contributed by atoms with van der Waals surface area (Å²) in [5.74, 6) is 0.654. The highest BCUT2D eigenvalue weighted by Gasteiger charge is 2.17. The Bertz CT molecular complexity index is 623. The normalized spacial score (nSPS) is 10.6. The molecule has 1 heterocycles. The molecular formula is C15H10O2. The Balaban J connectivity index is 2.28. The van der Waals surface area contributed by atoms with Crippen molar-refractivity contribution in [1.82, 2.24) is 0 Å². The standard InChI is InChI=1S/C15H10O2/c16-10-12-9-14(11-5-2-1-3-6-11)13-7-4-8-17-15(12)13/h1-10H. The van der Waals surface area contributed by atoms with Gasteiger partial charge in [-0.05, 0) is 29.3 Å². The van der Waals surface area contributed by atoms with Crippen molar-refractivity contribution in [3.63, 3.8) is 0 Å². The van der Waals surface area contributed by atoms with Gasteiger partial charge in [-0.25, -0.2) is 0 Å². The topological polar surface area (TPSA) is 30.2 Å². The Morgan fingerprint density at radius 3 is 2.53 bits per heavy atom. The van der Waals surface area contributed by atoms with Crippen molar-refractivity contribution >= 4 is 6.29 Å². The fourth-order valence-corrected chi connectivity index (χ4v) is 2.06. The lowest BCUT2D eigenvalue weighted by Gasteiger charge is -2.02. The Morgan fingerprint density at radius 2 is 1.76 bits per heavy atom. The fraction of sp³-hybridized carbons (Fsp3) is 0. The van der Waals surface area contributed by atoms with Gasteiger partial charge in [0.25, 0.3) is 0 Å². The highest BCUT2D eigenvalue weighted by atomic mass is 16.3. The molecule has 0 spiro atoms. The van der Waals surface area contributed by atoms with E-state index in [0.29, 0.717) is 11.3 Å². The number of hydrogen-bond donors (Lipinski definition) is 0. The zero-order chi connectivity index (χ0) is 11.7. The van der Waals surface area contributed by atoms with E-state index in [9.17, 15) is 4.79 Å². The van der Waals surface area contributed by atoms with Crippen molar-refractivity contribution in [2.75, 3.05) is 0 Å². The molecule has 0 amide bonds. The van der Waals surface area contributed by atoms with Gasteiger partial charge in [-0.1, -0.05) is 30.3 Å². The van der Waals surface area contributed by atoms with Crippen molar-refractivity contribution in [3.8, 4) is 22.5 Å². The van der Waals surface area contributed by atoms with E-state index >= 15 is 0 Å². The third-order valence-corrected chi connectivity index (χ3v) is 2.84. The zero-order valence-corrected chi connectivity index (χ0v) is 9.09. The van der Waals surface area contributed by atoms with Crippen LogP contribution >= 0.6 is 0 Å². The summed E-state index contributed by atoms with van der Waals surface area (Å²) in [6.45, 7) is 0. The molecule has 0 bridgehead atoms. The number of carbonyl (C=O) groups is 1. The number of fused-ring (bicyclic) bond motifs is 1. The maximum atomic E-state index is 11.0. The monoisotopic (exact) mass is 222 g/mol. The molecule has 17 heavy (non-hydrogen) atoms. The lowest BCUT2D eigenvalue weighted by Crippen LogP contribution is -1.79. The van der Waals surface area contributed by atoms with Crippen LogP contribution in [0, 0.1) is 0 Å². The summed E-state index contributed by atoms with van der Waals surface area (Å²) in [6.07, 6.45) is 2.42. The van der Waals surface area contributed by atoms with Crippen LogP contribution in [0.25, 0.3) is 22.5 Å². The SMILES string of the molecule is O=Cc1cc(-c2ccccc2)c2cccoc1-2. The summed E-state index contributed by atoms with van der Waals surface area (Å²) < 4.78 is 5.40. The van der Waals surface area contributed by atoms with Crippen molar-refractivity contribution in [2.45, 2.75) is 0 Å². The van der Waals surface area contributed by atoms with Crippen LogP contribution in [0.3, 0.4) is 0 Å². The van der Waals surface area contributed by atoms with Gasteiger partial charge in [-0.15, -0.1) is 0 Å². The van der Waals surface area contributed by atoms with Gasteiger partial charge in [0.15, 0.2) is 6.29 Å². The van der Waals surface area contributed by atoms with Crippen LogP contribution in [-0.4, -0.2) is 6.29 Å². The van der Waals surface area contributed by atoms with Gasteiger partial charge in [-0.3, -0.25) is 4.79 Å².